The molecule has 0 atom stereocenters. The molecule has 2 aromatic rings. The summed E-state index contributed by atoms with van der Waals surface area (Å²) in [5, 5.41) is 3.30. The zero-order valence-electron chi connectivity index (χ0n) is 12.4. The Morgan fingerprint density at radius 3 is 2.33 bits per heavy atom. The Hall–Kier alpha value is -1.91. The summed E-state index contributed by atoms with van der Waals surface area (Å²) in [5.41, 5.74) is 3.21. The summed E-state index contributed by atoms with van der Waals surface area (Å²) < 4.78 is 23.6. The van der Waals surface area contributed by atoms with Gasteiger partial charge in [0, 0.05) is 20.2 Å². The molecule has 112 valence electrons. The highest BCUT2D eigenvalue weighted by Gasteiger charge is 2.03. The molecule has 3 nitrogen and oxygen atoms in total. The Kier molecular flexibility index (Phi) is 5.72. The highest BCUT2D eigenvalue weighted by molar-refractivity contribution is 5.29. The second kappa shape index (κ2) is 7.76. The van der Waals surface area contributed by atoms with E-state index in [0.717, 1.165) is 17.7 Å². The fourth-order valence-electron chi connectivity index (χ4n) is 2.17. The third-order valence-corrected chi connectivity index (χ3v) is 3.18. The minimum Gasteiger partial charge on any atom is -0.494 e. The minimum absolute atomic E-state index is 0.269. The van der Waals surface area contributed by atoms with E-state index in [1.807, 2.05) is 18.2 Å². The van der Waals surface area contributed by atoms with Crippen molar-refractivity contribution in [1.29, 1.82) is 0 Å². The van der Waals surface area contributed by atoms with Crippen LogP contribution >= 0.6 is 0 Å². The van der Waals surface area contributed by atoms with Crippen LogP contribution in [0.4, 0.5) is 4.39 Å². The van der Waals surface area contributed by atoms with Gasteiger partial charge in [0.1, 0.15) is 0 Å². The molecular weight excluding hydrogens is 269 g/mol. The van der Waals surface area contributed by atoms with Gasteiger partial charge in [0.2, 0.25) is 0 Å². The first kappa shape index (κ1) is 15.5. The van der Waals surface area contributed by atoms with E-state index in [4.69, 9.17) is 9.47 Å². The molecule has 0 heterocycles. The maximum Gasteiger partial charge on any atom is 0.165 e. The van der Waals surface area contributed by atoms with Crippen molar-refractivity contribution >= 4 is 0 Å². The molecule has 0 unspecified atom stereocenters. The highest BCUT2D eigenvalue weighted by atomic mass is 19.1. The van der Waals surface area contributed by atoms with Gasteiger partial charge in [0.25, 0.3) is 0 Å². The van der Waals surface area contributed by atoms with Crippen molar-refractivity contribution in [2.24, 2.45) is 0 Å². The number of halogens is 1. The largest absolute Gasteiger partial charge is 0.494 e. The Balaban J connectivity index is 1.89. The molecule has 0 radical (unpaired) electrons. The van der Waals surface area contributed by atoms with Gasteiger partial charge in [-0.05, 0) is 28.8 Å². The van der Waals surface area contributed by atoms with Gasteiger partial charge in [0.15, 0.2) is 11.6 Å². The topological polar surface area (TPSA) is 30.5 Å². The predicted molar refractivity (Wildman–Crippen MR) is 80.7 cm³/mol. The molecule has 0 aliphatic carbocycles. The Bertz CT molecular complexity index is 587. The maximum absolute atomic E-state index is 13.6. The first-order chi connectivity index (χ1) is 10.2. The Labute approximate surface area is 124 Å². The smallest absolute Gasteiger partial charge is 0.165 e. The van der Waals surface area contributed by atoms with Crippen molar-refractivity contribution in [2.45, 2.75) is 19.7 Å². The first-order valence-corrected chi connectivity index (χ1v) is 6.83. The monoisotopic (exact) mass is 289 g/mol. The van der Waals surface area contributed by atoms with Crippen LogP contribution in [-0.2, 0) is 24.4 Å². The molecule has 21 heavy (non-hydrogen) atoms. The molecule has 0 amide bonds. The lowest BCUT2D eigenvalue weighted by Crippen LogP contribution is -2.13. The molecule has 0 aliphatic rings. The fraction of sp³-hybridized carbons (Fsp3) is 0.294. The lowest BCUT2D eigenvalue weighted by Gasteiger charge is -2.08. The molecule has 2 rings (SSSR count). The van der Waals surface area contributed by atoms with E-state index < -0.39 is 0 Å². The summed E-state index contributed by atoms with van der Waals surface area (Å²) in [6.45, 7) is 1.94. The van der Waals surface area contributed by atoms with E-state index in [1.165, 1.54) is 18.7 Å². The van der Waals surface area contributed by atoms with E-state index in [2.05, 4.69) is 17.4 Å². The van der Waals surface area contributed by atoms with Crippen molar-refractivity contribution in [3.63, 3.8) is 0 Å². The van der Waals surface area contributed by atoms with Crippen LogP contribution in [0, 0.1) is 5.82 Å². The minimum atomic E-state index is -0.334. The summed E-state index contributed by atoms with van der Waals surface area (Å²) >= 11 is 0. The van der Waals surface area contributed by atoms with Gasteiger partial charge in [-0.25, -0.2) is 4.39 Å². The van der Waals surface area contributed by atoms with Gasteiger partial charge in [0.05, 0.1) is 13.7 Å². The van der Waals surface area contributed by atoms with Crippen molar-refractivity contribution in [2.75, 3.05) is 14.2 Å². The van der Waals surface area contributed by atoms with Crippen molar-refractivity contribution in [1.82, 2.24) is 5.32 Å². The van der Waals surface area contributed by atoms with Crippen LogP contribution < -0.4 is 10.1 Å². The SMILES string of the molecule is COCc1cccc(CNCc2ccc(OC)c(F)c2)c1. The lowest BCUT2D eigenvalue weighted by atomic mass is 10.1. The van der Waals surface area contributed by atoms with Crippen molar-refractivity contribution < 1.29 is 13.9 Å². The maximum atomic E-state index is 13.6. The molecule has 0 saturated carbocycles. The molecule has 0 spiro atoms. The molecule has 0 saturated heterocycles. The molecular formula is C17H20FNO2. The normalized spacial score (nSPS) is 10.6. The number of rotatable bonds is 7. The molecule has 4 heteroatoms. The quantitative estimate of drug-likeness (QED) is 0.848. The molecule has 0 bridgehead atoms. The van der Waals surface area contributed by atoms with Gasteiger partial charge in [-0.2, -0.15) is 0 Å². The average molecular weight is 289 g/mol. The van der Waals surface area contributed by atoms with Gasteiger partial charge in [-0.15, -0.1) is 0 Å². The summed E-state index contributed by atoms with van der Waals surface area (Å²) in [4.78, 5) is 0. The van der Waals surface area contributed by atoms with E-state index >= 15 is 0 Å². The van der Waals surface area contributed by atoms with Crippen LogP contribution in [0.5, 0.6) is 5.75 Å². The fourth-order valence-corrected chi connectivity index (χ4v) is 2.17. The van der Waals surface area contributed by atoms with Crippen LogP contribution in [0.2, 0.25) is 0 Å². The number of ether oxygens (including phenoxy) is 2. The number of hydrogen-bond acceptors (Lipinski definition) is 3. The lowest BCUT2D eigenvalue weighted by molar-refractivity contribution is 0.185. The predicted octanol–water partition coefficient (Wildman–Crippen LogP) is 3.27. The number of hydrogen-bond donors (Lipinski definition) is 1. The number of methoxy groups -OCH3 is 2. The zero-order valence-corrected chi connectivity index (χ0v) is 12.4. The van der Waals surface area contributed by atoms with Crippen molar-refractivity contribution in [3.8, 4) is 5.75 Å². The number of benzene rings is 2. The third kappa shape index (κ3) is 4.55. The second-order valence-corrected chi connectivity index (χ2v) is 4.83. The van der Waals surface area contributed by atoms with Gasteiger partial charge in [-0.3, -0.25) is 0 Å². The highest BCUT2D eigenvalue weighted by Crippen LogP contribution is 2.17. The van der Waals surface area contributed by atoms with E-state index in [0.29, 0.717) is 13.2 Å². The summed E-state index contributed by atoms with van der Waals surface area (Å²) in [6, 6.07) is 13.2. The zero-order chi connectivity index (χ0) is 15.1. The van der Waals surface area contributed by atoms with Gasteiger partial charge in [-0.1, -0.05) is 30.3 Å². The summed E-state index contributed by atoms with van der Waals surface area (Å²) in [6.07, 6.45) is 0. The van der Waals surface area contributed by atoms with E-state index in [9.17, 15) is 4.39 Å². The van der Waals surface area contributed by atoms with Crippen LogP contribution in [0.15, 0.2) is 42.5 Å². The summed E-state index contributed by atoms with van der Waals surface area (Å²) in [7, 11) is 3.15. The molecule has 2 aromatic carbocycles. The van der Waals surface area contributed by atoms with E-state index in [-0.39, 0.29) is 11.6 Å². The van der Waals surface area contributed by atoms with Crippen LogP contribution in [0.1, 0.15) is 16.7 Å². The van der Waals surface area contributed by atoms with E-state index in [1.54, 1.807) is 13.2 Å². The summed E-state index contributed by atoms with van der Waals surface area (Å²) in [5.74, 6) is -0.0649. The molecule has 0 aromatic heterocycles. The first-order valence-electron chi connectivity index (χ1n) is 6.83. The Morgan fingerprint density at radius 2 is 1.67 bits per heavy atom. The molecule has 0 aliphatic heterocycles. The van der Waals surface area contributed by atoms with Crippen LogP contribution in [0.3, 0.4) is 0 Å². The number of nitrogens with one attached hydrogen (secondary N) is 1. The van der Waals surface area contributed by atoms with Crippen molar-refractivity contribution in [3.05, 3.63) is 65.0 Å². The third-order valence-electron chi connectivity index (χ3n) is 3.18. The van der Waals surface area contributed by atoms with Crippen LogP contribution in [-0.4, -0.2) is 14.2 Å². The van der Waals surface area contributed by atoms with Crippen LogP contribution in [0.25, 0.3) is 0 Å². The standard InChI is InChI=1S/C17H20FNO2/c1-20-12-15-5-3-4-13(8-15)10-19-11-14-6-7-17(21-2)16(18)9-14/h3-9,19H,10-12H2,1-2H3. The van der Waals surface area contributed by atoms with Gasteiger partial charge >= 0.3 is 0 Å². The molecule has 0 fully saturated rings. The molecule has 1 N–H and O–H groups in total. The Morgan fingerprint density at radius 1 is 0.952 bits per heavy atom. The average Bonchev–Trinajstić information content (AvgIpc) is 2.48. The second-order valence-electron chi connectivity index (χ2n) is 4.83. The van der Waals surface area contributed by atoms with Gasteiger partial charge < -0.3 is 14.8 Å².